The number of thiophene rings is 1. The maximum absolute atomic E-state index is 12.2. The van der Waals surface area contributed by atoms with Gasteiger partial charge in [-0.2, -0.15) is 0 Å². The van der Waals surface area contributed by atoms with Crippen molar-refractivity contribution in [1.82, 2.24) is 15.5 Å². The van der Waals surface area contributed by atoms with Crippen LogP contribution in [0.25, 0.3) is 0 Å². The van der Waals surface area contributed by atoms with Gasteiger partial charge in [-0.15, -0.1) is 21.5 Å². The van der Waals surface area contributed by atoms with E-state index in [2.05, 4.69) is 15.5 Å². The summed E-state index contributed by atoms with van der Waals surface area (Å²) in [5, 5.41) is 11.3. The van der Waals surface area contributed by atoms with E-state index in [9.17, 15) is 9.59 Å². The first-order valence-corrected chi connectivity index (χ1v) is 9.61. The molecule has 1 aliphatic carbocycles. The zero-order valence-corrected chi connectivity index (χ0v) is 15.5. The number of hydrogen-bond acceptors (Lipinski definition) is 9. The molecule has 8 nitrogen and oxygen atoms in total. The van der Waals surface area contributed by atoms with Crippen LogP contribution in [0.5, 0.6) is 0 Å². The van der Waals surface area contributed by atoms with E-state index in [0.29, 0.717) is 33.2 Å². The van der Waals surface area contributed by atoms with Crippen LogP contribution in [-0.4, -0.2) is 35.7 Å². The summed E-state index contributed by atoms with van der Waals surface area (Å²) >= 11 is 2.34. The Hall–Kier alpha value is -2.07. The number of ether oxygens (including phenoxy) is 1. The molecule has 0 spiro atoms. The van der Waals surface area contributed by atoms with Crippen LogP contribution in [0.15, 0.2) is 9.64 Å². The molecule has 3 rings (SSSR count). The number of nitrogens with two attached hydrogens (primary N) is 1. The van der Waals surface area contributed by atoms with Gasteiger partial charge in [-0.3, -0.25) is 4.79 Å². The van der Waals surface area contributed by atoms with Crippen LogP contribution < -0.4 is 11.1 Å². The highest BCUT2D eigenvalue weighted by molar-refractivity contribution is 7.98. The summed E-state index contributed by atoms with van der Waals surface area (Å²) in [4.78, 5) is 24.7. The van der Waals surface area contributed by atoms with Gasteiger partial charge < -0.3 is 20.2 Å². The second-order valence-electron chi connectivity index (χ2n) is 5.42. The molecule has 0 aromatic carbocycles. The Kier molecular flexibility index (Phi) is 5.28. The number of rotatable bonds is 7. The number of nitrogens with one attached hydrogen (secondary N) is 1. The summed E-state index contributed by atoms with van der Waals surface area (Å²) in [5.41, 5.74) is 6.72. The van der Waals surface area contributed by atoms with Crippen LogP contribution in [0.4, 0.5) is 5.00 Å². The fourth-order valence-electron chi connectivity index (χ4n) is 2.25. The van der Waals surface area contributed by atoms with Gasteiger partial charge in [-0.1, -0.05) is 11.8 Å². The fourth-order valence-corrected chi connectivity index (χ4v) is 4.17. The number of esters is 1. The van der Waals surface area contributed by atoms with Gasteiger partial charge in [0.1, 0.15) is 5.00 Å². The van der Waals surface area contributed by atoms with E-state index in [4.69, 9.17) is 14.9 Å². The molecule has 0 bridgehead atoms. The molecule has 1 fully saturated rings. The van der Waals surface area contributed by atoms with Gasteiger partial charge in [0.2, 0.25) is 5.89 Å². The number of nitrogens with zero attached hydrogens (tertiary/aromatic N) is 2. The predicted octanol–water partition coefficient (Wildman–Crippen LogP) is 2.42. The fraction of sp³-hybridized carbons (Fsp3) is 0.467. The van der Waals surface area contributed by atoms with E-state index in [0.717, 1.165) is 24.2 Å². The number of nitrogen functional groups attached to an aromatic ring is 1. The molecule has 0 radical (unpaired) electrons. The highest BCUT2D eigenvalue weighted by Gasteiger charge is 2.30. The molecular weight excluding hydrogens is 364 g/mol. The maximum Gasteiger partial charge on any atom is 0.341 e. The third-order valence-corrected chi connectivity index (χ3v) is 5.54. The highest BCUT2D eigenvalue weighted by Crippen LogP contribution is 2.41. The normalized spacial score (nSPS) is 13.7. The smallest absolute Gasteiger partial charge is 0.341 e. The lowest BCUT2D eigenvalue weighted by Gasteiger charge is -2.06. The summed E-state index contributed by atoms with van der Waals surface area (Å²) in [7, 11) is 1.53. The number of thioether (sulfide) groups is 1. The molecule has 2 aromatic rings. The van der Waals surface area contributed by atoms with E-state index in [-0.39, 0.29) is 23.1 Å². The molecule has 10 heteroatoms. The summed E-state index contributed by atoms with van der Waals surface area (Å²) in [6.45, 7) is 1.94. The van der Waals surface area contributed by atoms with Gasteiger partial charge in [0.15, 0.2) is 0 Å². The highest BCUT2D eigenvalue weighted by atomic mass is 32.2. The zero-order chi connectivity index (χ0) is 18.0. The van der Waals surface area contributed by atoms with Crippen LogP contribution in [0.3, 0.4) is 0 Å². The largest absolute Gasteiger partial charge is 0.462 e. The Balaban J connectivity index is 1.85. The zero-order valence-electron chi connectivity index (χ0n) is 13.8. The van der Waals surface area contributed by atoms with Crippen molar-refractivity contribution in [2.45, 2.75) is 36.7 Å². The van der Waals surface area contributed by atoms with Gasteiger partial charge in [0.25, 0.3) is 11.1 Å². The lowest BCUT2D eigenvalue weighted by Crippen LogP contribution is -2.18. The Labute approximate surface area is 152 Å². The van der Waals surface area contributed by atoms with E-state index >= 15 is 0 Å². The van der Waals surface area contributed by atoms with Gasteiger partial charge in [0, 0.05) is 24.3 Å². The molecule has 0 aliphatic heterocycles. The molecular formula is C15H18N4O4S2. The average Bonchev–Trinajstić information content (AvgIpc) is 3.24. The van der Waals surface area contributed by atoms with Gasteiger partial charge in [0.05, 0.1) is 17.0 Å². The number of amides is 1. The second kappa shape index (κ2) is 7.44. The third-order valence-electron chi connectivity index (χ3n) is 3.64. The van der Waals surface area contributed by atoms with Crippen LogP contribution in [0.2, 0.25) is 0 Å². The molecule has 134 valence electrons. The lowest BCUT2D eigenvalue weighted by atomic mass is 10.1. The van der Waals surface area contributed by atoms with E-state index in [1.54, 1.807) is 6.92 Å². The monoisotopic (exact) mass is 382 g/mol. The Morgan fingerprint density at radius 2 is 2.20 bits per heavy atom. The minimum atomic E-state index is -0.536. The molecule has 2 aromatic heterocycles. The standard InChI is InChI=1S/C15H18N4O4S2/c1-3-22-14(21)9-8(10(12(20)17-2)25-11(9)16)6-24-15-19-18-13(23-15)7-4-5-7/h7H,3-6,16H2,1-2H3,(H,17,20). The predicted molar refractivity (Wildman–Crippen MR) is 93.9 cm³/mol. The topological polar surface area (TPSA) is 120 Å². The molecule has 3 N–H and O–H groups in total. The minimum absolute atomic E-state index is 0.227. The Morgan fingerprint density at radius 1 is 1.44 bits per heavy atom. The first-order valence-electron chi connectivity index (χ1n) is 7.81. The molecule has 0 saturated heterocycles. The average molecular weight is 382 g/mol. The SMILES string of the molecule is CCOC(=O)c1c(N)sc(C(=O)NC)c1CSc1nnc(C2CC2)o1. The number of hydrogen-bond donors (Lipinski definition) is 2. The lowest BCUT2D eigenvalue weighted by molar-refractivity contribution is 0.0527. The molecule has 1 saturated carbocycles. The third kappa shape index (κ3) is 3.79. The summed E-state index contributed by atoms with van der Waals surface area (Å²) in [6, 6.07) is 0. The van der Waals surface area contributed by atoms with Crippen molar-refractivity contribution in [3.8, 4) is 0 Å². The van der Waals surface area contributed by atoms with Crippen molar-refractivity contribution in [3.05, 3.63) is 21.9 Å². The van der Waals surface area contributed by atoms with Gasteiger partial charge >= 0.3 is 5.97 Å². The summed E-state index contributed by atoms with van der Waals surface area (Å²) < 4.78 is 10.7. The van der Waals surface area contributed by atoms with Gasteiger partial charge in [-0.05, 0) is 19.8 Å². The molecule has 1 aliphatic rings. The van der Waals surface area contributed by atoms with Gasteiger partial charge in [-0.25, -0.2) is 4.79 Å². The van der Waals surface area contributed by atoms with E-state index < -0.39 is 5.97 Å². The first-order chi connectivity index (χ1) is 12.0. The van der Waals surface area contributed by atoms with Crippen LogP contribution >= 0.6 is 23.1 Å². The molecule has 2 heterocycles. The minimum Gasteiger partial charge on any atom is -0.462 e. The quantitative estimate of drug-likeness (QED) is 0.553. The summed E-state index contributed by atoms with van der Waals surface area (Å²) in [6.07, 6.45) is 2.14. The van der Waals surface area contributed by atoms with E-state index in [1.165, 1.54) is 18.8 Å². The summed E-state index contributed by atoms with van der Waals surface area (Å²) in [5.74, 6) is 0.481. The van der Waals surface area contributed by atoms with Crippen molar-refractivity contribution in [3.63, 3.8) is 0 Å². The van der Waals surface area contributed by atoms with Crippen LogP contribution in [0.1, 0.15) is 57.2 Å². The van der Waals surface area contributed by atoms with Crippen LogP contribution in [-0.2, 0) is 10.5 Å². The van der Waals surface area contributed by atoms with Crippen LogP contribution in [0, 0.1) is 0 Å². The molecule has 0 atom stereocenters. The van der Waals surface area contributed by atoms with Crippen molar-refractivity contribution in [1.29, 1.82) is 0 Å². The Morgan fingerprint density at radius 3 is 2.84 bits per heavy atom. The molecule has 1 amide bonds. The van der Waals surface area contributed by atoms with Crippen molar-refractivity contribution >= 4 is 40.0 Å². The Bertz CT molecular complexity index is 798. The number of carbonyl (C=O) groups excluding carboxylic acids is 2. The maximum atomic E-state index is 12.2. The first kappa shape index (κ1) is 17.7. The van der Waals surface area contributed by atoms with E-state index in [1.807, 2.05) is 0 Å². The van der Waals surface area contributed by atoms with Crippen molar-refractivity contribution < 1.29 is 18.7 Å². The number of carbonyl (C=O) groups is 2. The molecule has 0 unspecified atom stereocenters. The van der Waals surface area contributed by atoms with Crippen molar-refractivity contribution in [2.24, 2.45) is 0 Å². The van der Waals surface area contributed by atoms with Crippen molar-refractivity contribution in [2.75, 3.05) is 19.4 Å². The number of aromatic nitrogens is 2. The second-order valence-corrected chi connectivity index (χ2v) is 7.40. The number of anilines is 1. The molecule has 25 heavy (non-hydrogen) atoms.